The van der Waals surface area contributed by atoms with Crippen LogP contribution in [0.2, 0.25) is 0 Å². The summed E-state index contributed by atoms with van der Waals surface area (Å²) in [6.07, 6.45) is 1.53. The van der Waals surface area contributed by atoms with Crippen molar-refractivity contribution in [1.82, 2.24) is 14.9 Å². The number of amides is 2. The molecule has 1 fully saturated rings. The second-order valence-electron chi connectivity index (χ2n) is 8.34. The van der Waals surface area contributed by atoms with Crippen molar-refractivity contribution in [3.05, 3.63) is 76.7 Å². The van der Waals surface area contributed by atoms with Crippen molar-refractivity contribution in [3.63, 3.8) is 0 Å². The highest BCUT2D eigenvalue weighted by atomic mass is 32.2. The van der Waals surface area contributed by atoms with Gasteiger partial charge < -0.3 is 15.0 Å². The van der Waals surface area contributed by atoms with Crippen LogP contribution >= 0.6 is 0 Å². The molecule has 1 heterocycles. The van der Waals surface area contributed by atoms with E-state index in [1.165, 1.54) is 6.08 Å². The molecular weight excluding hydrogens is 454 g/mol. The van der Waals surface area contributed by atoms with Gasteiger partial charge in [0.2, 0.25) is 15.9 Å². The normalized spacial score (nSPS) is 18.7. The Hall–Kier alpha value is -3.01. The number of nitrogens with one attached hydrogen (secondary N) is 2. The molecule has 8 nitrogen and oxygen atoms in total. The second kappa shape index (κ2) is 11.9. The van der Waals surface area contributed by atoms with E-state index in [1.807, 2.05) is 32.0 Å². The SMILES string of the molecule is CC1CN(C(=O)c2ccc(CNC(=O)CCNS(=O)(=O)/C=C/c3ccccc3)cc2)CC(C)O1. The van der Waals surface area contributed by atoms with Gasteiger partial charge in [-0.2, -0.15) is 0 Å². The predicted octanol–water partition coefficient (Wildman–Crippen LogP) is 2.53. The van der Waals surface area contributed by atoms with Crippen LogP contribution in [0.5, 0.6) is 0 Å². The van der Waals surface area contributed by atoms with Gasteiger partial charge in [0, 0.05) is 43.6 Å². The molecule has 2 aromatic rings. The summed E-state index contributed by atoms with van der Waals surface area (Å²) in [7, 11) is -3.63. The summed E-state index contributed by atoms with van der Waals surface area (Å²) in [4.78, 5) is 26.6. The van der Waals surface area contributed by atoms with E-state index in [0.717, 1.165) is 16.5 Å². The zero-order chi connectivity index (χ0) is 24.6. The fourth-order valence-electron chi connectivity index (χ4n) is 3.67. The van der Waals surface area contributed by atoms with Crippen molar-refractivity contribution in [3.8, 4) is 0 Å². The minimum absolute atomic E-state index is 0.00285. The molecule has 2 atom stereocenters. The number of nitrogens with zero attached hydrogens (tertiary/aromatic N) is 1. The lowest BCUT2D eigenvalue weighted by Gasteiger charge is -2.35. The van der Waals surface area contributed by atoms with E-state index >= 15 is 0 Å². The lowest BCUT2D eigenvalue weighted by Crippen LogP contribution is -2.48. The Kier molecular flexibility index (Phi) is 8.98. The van der Waals surface area contributed by atoms with E-state index in [4.69, 9.17) is 4.74 Å². The number of ether oxygens (including phenoxy) is 1. The molecule has 2 N–H and O–H groups in total. The first-order chi connectivity index (χ1) is 16.2. The number of morpholine rings is 1. The highest BCUT2D eigenvalue weighted by Crippen LogP contribution is 2.15. The highest BCUT2D eigenvalue weighted by molar-refractivity contribution is 7.92. The molecule has 0 bridgehead atoms. The molecule has 182 valence electrons. The average molecular weight is 486 g/mol. The molecule has 2 aromatic carbocycles. The number of carbonyl (C=O) groups is 2. The third-order valence-electron chi connectivity index (χ3n) is 5.29. The molecule has 1 aliphatic heterocycles. The van der Waals surface area contributed by atoms with Crippen molar-refractivity contribution >= 4 is 27.9 Å². The fourth-order valence-corrected chi connectivity index (χ4v) is 4.49. The van der Waals surface area contributed by atoms with E-state index in [2.05, 4.69) is 10.0 Å². The molecule has 3 rings (SSSR count). The zero-order valence-electron chi connectivity index (χ0n) is 19.4. The molecule has 1 aliphatic rings. The fraction of sp³-hybridized carbons (Fsp3) is 0.360. The van der Waals surface area contributed by atoms with Crippen LogP contribution in [0.15, 0.2) is 60.0 Å². The minimum atomic E-state index is -3.63. The number of sulfonamides is 1. The first kappa shape index (κ1) is 25.6. The maximum Gasteiger partial charge on any atom is 0.254 e. The molecule has 1 saturated heterocycles. The number of carbonyl (C=O) groups excluding carboxylic acids is 2. The van der Waals surface area contributed by atoms with Crippen LogP contribution in [-0.4, -0.2) is 57.0 Å². The summed E-state index contributed by atoms with van der Waals surface area (Å²) in [5.41, 5.74) is 2.21. The maximum atomic E-state index is 12.7. The van der Waals surface area contributed by atoms with E-state index in [1.54, 1.807) is 41.3 Å². The Morgan fingerprint density at radius 3 is 2.32 bits per heavy atom. The van der Waals surface area contributed by atoms with Crippen molar-refractivity contribution in [2.75, 3.05) is 19.6 Å². The summed E-state index contributed by atoms with van der Waals surface area (Å²) in [6, 6.07) is 16.2. The summed E-state index contributed by atoms with van der Waals surface area (Å²) in [6.45, 7) is 5.32. The first-order valence-corrected chi connectivity index (χ1v) is 12.8. The van der Waals surface area contributed by atoms with Gasteiger partial charge in [-0.3, -0.25) is 9.59 Å². The number of benzene rings is 2. The molecule has 2 unspecified atom stereocenters. The Balaban J connectivity index is 1.41. The topological polar surface area (TPSA) is 105 Å². The summed E-state index contributed by atoms with van der Waals surface area (Å²) in [5, 5.41) is 3.85. The quantitative estimate of drug-likeness (QED) is 0.568. The molecular formula is C25H31N3O5S. The van der Waals surface area contributed by atoms with Crippen molar-refractivity contribution < 1.29 is 22.7 Å². The van der Waals surface area contributed by atoms with Crippen LogP contribution in [0, 0.1) is 0 Å². The zero-order valence-corrected chi connectivity index (χ0v) is 20.3. The molecule has 0 radical (unpaired) electrons. The Labute approximate surface area is 201 Å². The van der Waals surface area contributed by atoms with E-state index < -0.39 is 10.0 Å². The van der Waals surface area contributed by atoms with Crippen molar-refractivity contribution in [1.29, 1.82) is 0 Å². The summed E-state index contributed by atoms with van der Waals surface area (Å²) >= 11 is 0. The lowest BCUT2D eigenvalue weighted by atomic mass is 10.1. The summed E-state index contributed by atoms with van der Waals surface area (Å²) < 4.78 is 32.1. The molecule has 0 aromatic heterocycles. The third-order valence-corrected chi connectivity index (χ3v) is 6.39. The van der Waals surface area contributed by atoms with Crippen molar-refractivity contribution in [2.45, 2.75) is 39.0 Å². The minimum Gasteiger partial charge on any atom is -0.372 e. The van der Waals surface area contributed by atoms with Crippen LogP contribution in [0.25, 0.3) is 6.08 Å². The van der Waals surface area contributed by atoms with Gasteiger partial charge in [0.15, 0.2) is 0 Å². The molecule has 34 heavy (non-hydrogen) atoms. The van der Waals surface area contributed by atoms with Gasteiger partial charge >= 0.3 is 0 Å². The average Bonchev–Trinajstić information content (AvgIpc) is 2.81. The van der Waals surface area contributed by atoms with Gasteiger partial charge in [-0.15, -0.1) is 0 Å². The highest BCUT2D eigenvalue weighted by Gasteiger charge is 2.26. The van der Waals surface area contributed by atoms with Gasteiger partial charge in [0.05, 0.1) is 12.2 Å². The Morgan fingerprint density at radius 1 is 1.03 bits per heavy atom. The lowest BCUT2D eigenvalue weighted by molar-refractivity contribution is -0.121. The Morgan fingerprint density at radius 2 is 1.68 bits per heavy atom. The van der Waals surface area contributed by atoms with Gasteiger partial charge in [0.25, 0.3) is 5.91 Å². The number of hydrogen-bond donors (Lipinski definition) is 2. The van der Waals surface area contributed by atoms with Crippen LogP contribution in [0.3, 0.4) is 0 Å². The van der Waals surface area contributed by atoms with E-state index in [0.29, 0.717) is 25.2 Å². The van der Waals surface area contributed by atoms with Crippen LogP contribution < -0.4 is 10.0 Å². The van der Waals surface area contributed by atoms with E-state index in [9.17, 15) is 18.0 Å². The number of rotatable bonds is 9. The first-order valence-electron chi connectivity index (χ1n) is 11.2. The molecule has 9 heteroatoms. The Bertz CT molecular complexity index is 1090. The van der Waals surface area contributed by atoms with E-state index in [-0.39, 0.29) is 37.0 Å². The monoisotopic (exact) mass is 485 g/mol. The molecule has 2 amide bonds. The molecule has 0 spiro atoms. The van der Waals surface area contributed by atoms with Crippen LogP contribution in [0.1, 0.15) is 41.8 Å². The molecule has 0 aliphatic carbocycles. The van der Waals surface area contributed by atoms with Crippen molar-refractivity contribution in [2.24, 2.45) is 0 Å². The summed E-state index contributed by atoms with van der Waals surface area (Å²) in [5.74, 6) is -0.308. The largest absolute Gasteiger partial charge is 0.372 e. The van der Waals surface area contributed by atoms with Gasteiger partial charge in [-0.25, -0.2) is 13.1 Å². The van der Waals surface area contributed by atoms with Crippen LogP contribution in [-0.2, 0) is 26.1 Å². The van der Waals surface area contributed by atoms with Crippen LogP contribution in [0.4, 0.5) is 0 Å². The predicted molar refractivity (Wildman–Crippen MR) is 131 cm³/mol. The second-order valence-corrected chi connectivity index (χ2v) is 9.99. The van der Waals surface area contributed by atoms with Gasteiger partial charge in [-0.05, 0) is 43.2 Å². The van der Waals surface area contributed by atoms with Gasteiger partial charge in [-0.1, -0.05) is 42.5 Å². The third kappa shape index (κ3) is 8.09. The number of hydrogen-bond acceptors (Lipinski definition) is 5. The molecule has 0 saturated carbocycles. The smallest absolute Gasteiger partial charge is 0.254 e. The standard InChI is InChI=1S/C25H31N3O5S/c1-19-17-28(18-20(2)33-19)25(30)23-10-8-22(9-11-23)16-26-24(29)12-14-27-34(31,32)15-13-21-6-4-3-5-7-21/h3-11,13,15,19-20,27H,12,14,16-18H2,1-2H3,(H,26,29)/b15-13+. The van der Waals surface area contributed by atoms with Gasteiger partial charge in [0.1, 0.15) is 0 Å². The maximum absolute atomic E-state index is 12.7.